The fourth-order valence-corrected chi connectivity index (χ4v) is 4.07. The number of benzene rings is 2. The number of amides is 2. The topological polar surface area (TPSA) is 114 Å². The molecule has 8 heteroatoms. The number of nitrogens with one attached hydrogen (secondary N) is 2. The lowest BCUT2D eigenvalue weighted by Gasteiger charge is -2.24. The number of carboxylic acids is 1. The van der Waals surface area contributed by atoms with Crippen LogP contribution in [0.25, 0.3) is 11.1 Å². The van der Waals surface area contributed by atoms with Crippen molar-refractivity contribution in [2.45, 2.75) is 38.3 Å². The molecule has 33 heavy (non-hydrogen) atoms. The summed E-state index contributed by atoms with van der Waals surface area (Å²) in [7, 11) is 1.39. The zero-order chi connectivity index (χ0) is 24.0. The lowest BCUT2D eigenvalue weighted by Crippen LogP contribution is -2.55. The maximum absolute atomic E-state index is 12.7. The third-order valence-corrected chi connectivity index (χ3v) is 6.06. The number of fused-ring (bicyclic) bond motifs is 3. The van der Waals surface area contributed by atoms with E-state index in [9.17, 15) is 19.5 Å². The summed E-state index contributed by atoms with van der Waals surface area (Å²) in [5, 5.41) is 14.4. The standard InChI is InChI=1S/C25H30N2O6/c1-4-15(2)22(24(29)30)27-23(28)21(14-32-3)26-25(31)33-13-20-18-11-7-5-9-16(18)17-10-6-8-12-19(17)20/h5-12,15,20-22H,4,13-14H2,1-3H3,(H,26,31)(H,27,28)(H,29,30)/t15-,21-,22-/m0/s1. The first-order chi connectivity index (χ1) is 15.9. The van der Waals surface area contributed by atoms with Crippen LogP contribution in [0.5, 0.6) is 0 Å². The molecule has 3 rings (SSSR count). The van der Waals surface area contributed by atoms with Crippen LogP contribution in [-0.2, 0) is 19.1 Å². The number of hydrogen-bond donors (Lipinski definition) is 3. The van der Waals surface area contributed by atoms with E-state index >= 15 is 0 Å². The summed E-state index contributed by atoms with van der Waals surface area (Å²) in [6, 6.07) is 13.8. The van der Waals surface area contributed by atoms with Gasteiger partial charge in [-0.2, -0.15) is 0 Å². The largest absolute Gasteiger partial charge is 0.480 e. The van der Waals surface area contributed by atoms with Crippen LogP contribution in [0.15, 0.2) is 48.5 Å². The van der Waals surface area contributed by atoms with Crippen molar-refractivity contribution in [3.8, 4) is 11.1 Å². The second-order valence-corrected chi connectivity index (χ2v) is 8.19. The molecule has 0 radical (unpaired) electrons. The Bertz CT molecular complexity index is 962. The molecule has 0 fully saturated rings. The first-order valence-electron chi connectivity index (χ1n) is 11.0. The molecular weight excluding hydrogens is 424 g/mol. The summed E-state index contributed by atoms with van der Waals surface area (Å²) in [4.78, 5) is 36.7. The lowest BCUT2D eigenvalue weighted by molar-refractivity contribution is -0.143. The van der Waals surface area contributed by atoms with Crippen LogP contribution in [0.2, 0.25) is 0 Å². The SMILES string of the molecule is CC[C@H](C)[C@H](NC(=O)[C@H](COC)NC(=O)OCC1c2ccccc2-c2ccccc21)C(=O)O. The minimum atomic E-state index is -1.13. The van der Waals surface area contributed by atoms with Crippen LogP contribution >= 0.6 is 0 Å². The van der Waals surface area contributed by atoms with Crippen LogP contribution < -0.4 is 10.6 Å². The van der Waals surface area contributed by atoms with Crippen molar-refractivity contribution in [2.75, 3.05) is 20.3 Å². The van der Waals surface area contributed by atoms with Gasteiger partial charge in [0, 0.05) is 13.0 Å². The molecule has 0 spiro atoms. The molecule has 8 nitrogen and oxygen atoms in total. The highest BCUT2D eigenvalue weighted by Gasteiger charge is 2.31. The molecular formula is C25H30N2O6. The molecule has 0 unspecified atom stereocenters. The number of aliphatic carboxylic acids is 1. The van der Waals surface area contributed by atoms with Gasteiger partial charge >= 0.3 is 12.1 Å². The Kier molecular flexibility index (Phi) is 8.06. The number of carbonyl (C=O) groups is 3. The molecule has 0 aliphatic heterocycles. The zero-order valence-electron chi connectivity index (χ0n) is 19.0. The number of alkyl carbamates (subject to hydrolysis) is 1. The molecule has 2 aromatic carbocycles. The first-order valence-corrected chi connectivity index (χ1v) is 11.0. The Labute approximate surface area is 193 Å². The van der Waals surface area contributed by atoms with E-state index in [1.807, 2.05) is 55.5 Å². The normalized spacial score (nSPS) is 15.0. The van der Waals surface area contributed by atoms with Gasteiger partial charge in [-0.1, -0.05) is 68.8 Å². The van der Waals surface area contributed by atoms with Crippen molar-refractivity contribution in [3.63, 3.8) is 0 Å². The number of hydrogen-bond acceptors (Lipinski definition) is 5. The van der Waals surface area contributed by atoms with E-state index < -0.39 is 30.1 Å². The maximum Gasteiger partial charge on any atom is 0.407 e. The number of rotatable bonds is 10. The molecule has 0 aromatic heterocycles. The quantitative estimate of drug-likeness (QED) is 0.508. The monoisotopic (exact) mass is 454 g/mol. The van der Waals surface area contributed by atoms with Crippen LogP contribution in [0.4, 0.5) is 4.79 Å². The van der Waals surface area contributed by atoms with Gasteiger partial charge in [0.25, 0.3) is 0 Å². The van der Waals surface area contributed by atoms with Crippen LogP contribution in [-0.4, -0.2) is 55.5 Å². The fraction of sp³-hybridized carbons (Fsp3) is 0.400. The number of carboxylic acid groups (broad SMARTS) is 1. The Balaban J connectivity index is 1.65. The highest BCUT2D eigenvalue weighted by atomic mass is 16.5. The fourth-order valence-electron chi connectivity index (χ4n) is 4.07. The number of ether oxygens (including phenoxy) is 2. The van der Waals surface area contributed by atoms with Gasteiger partial charge in [-0.15, -0.1) is 0 Å². The van der Waals surface area contributed by atoms with E-state index in [0.29, 0.717) is 6.42 Å². The molecule has 0 saturated heterocycles. The highest BCUT2D eigenvalue weighted by Crippen LogP contribution is 2.44. The van der Waals surface area contributed by atoms with Crippen LogP contribution in [0, 0.1) is 5.92 Å². The summed E-state index contributed by atoms with van der Waals surface area (Å²) >= 11 is 0. The van der Waals surface area contributed by atoms with Crippen molar-refractivity contribution >= 4 is 18.0 Å². The van der Waals surface area contributed by atoms with Gasteiger partial charge in [0.05, 0.1) is 6.61 Å². The molecule has 3 atom stereocenters. The molecule has 0 saturated carbocycles. The summed E-state index contributed by atoms with van der Waals surface area (Å²) in [5.41, 5.74) is 4.39. The van der Waals surface area contributed by atoms with Crippen molar-refractivity contribution in [1.82, 2.24) is 10.6 Å². The second kappa shape index (κ2) is 11.0. The first kappa shape index (κ1) is 24.3. The Morgan fingerprint density at radius 3 is 2.09 bits per heavy atom. The highest BCUT2D eigenvalue weighted by molar-refractivity contribution is 5.89. The average Bonchev–Trinajstić information content (AvgIpc) is 3.13. The Morgan fingerprint density at radius 2 is 1.58 bits per heavy atom. The van der Waals surface area contributed by atoms with Gasteiger partial charge in [-0.05, 0) is 28.2 Å². The molecule has 176 valence electrons. The zero-order valence-corrected chi connectivity index (χ0v) is 19.0. The Morgan fingerprint density at radius 1 is 1.00 bits per heavy atom. The van der Waals surface area contributed by atoms with E-state index in [1.54, 1.807) is 6.92 Å². The van der Waals surface area contributed by atoms with Crippen LogP contribution in [0.3, 0.4) is 0 Å². The van der Waals surface area contributed by atoms with Gasteiger partial charge in [0.15, 0.2) is 0 Å². The molecule has 2 aromatic rings. The van der Waals surface area contributed by atoms with Gasteiger partial charge in [0.1, 0.15) is 18.7 Å². The van der Waals surface area contributed by atoms with Gasteiger partial charge in [-0.3, -0.25) is 4.79 Å². The molecule has 0 heterocycles. The van der Waals surface area contributed by atoms with E-state index in [0.717, 1.165) is 22.3 Å². The van der Waals surface area contributed by atoms with Gasteiger partial charge < -0.3 is 25.2 Å². The minimum absolute atomic E-state index is 0.103. The summed E-state index contributed by atoms with van der Waals surface area (Å²) in [6.07, 6.45) is -0.198. The van der Waals surface area contributed by atoms with E-state index in [-0.39, 0.29) is 25.0 Å². The smallest absolute Gasteiger partial charge is 0.407 e. The number of carbonyl (C=O) groups excluding carboxylic acids is 2. The van der Waals surface area contributed by atoms with Crippen molar-refractivity contribution in [3.05, 3.63) is 59.7 Å². The predicted molar refractivity (Wildman–Crippen MR) is 123 cm³/mol. The molecule has 0 bridgehead atoms. The van der Waals surface area contributed by atoms with Crippen LogP contribution in [0.1, 0.15) is 37.3 Å². The summed E-state index contributed by atoms with van der Waals surface area (Å²) < 4.78 is 10.5. The Hall–Kier alpha value is -3.39. The maximum atomic E-state index is 12.7. The molecule has 3 N–H and O–H groups in total. The lowest BCUT2D eigenvalue weighted by atomic mass is 9.98. The second-order valence-electron chi connectivity index (χ2n) is 8.19. The van der Waals surface area contributed by atoms with Crippen molar-refractivity contribution in [1.29, 1.82) is 0 Å². The summed E-state index contributed by atoms with van der Waals surface area (Å²) in [6.45, 7) is 3.56. The van der Waals surface area contributed by atoms with Crippen molar-refractivity contribution < 1.29 is 29.0 Å². The average molecular weight is 455 g/mol. The van der Waals surface area contributed by atoms with Gasteiger partial charge in [0.2, 0.25) is 5.91 Å². The minimum Gasteiger partial charge on any atom is -0.480 e. The number of methoxy groups -OCH3 is 1. The van der Waals surface area contributed by atoms with E-state index in [4.69, 9.17) is 9.47 Å². The van der Waals surface area contributed by atoms with Gasteiger partial charge in [-0.25, -0.2) is 9.59 Å². The van der Waals surface area contributed by atoms with E-state index in [1.165, 1.54) is 7.11 Å². The predicted octanol–water partition coefficient (Wildman–Crippen LogP) is 3.16. The molecule has 1 aliphatic rings. The summed E-state index contributed by atoms with van der Waals surface area (Å²) in [5.74, 6) is -2.16. The van der Waals surface area contributed by atoms with Crippen molar-refractivity contribution in [2.24, 2.45) is 5.92 Å². The molecule has 1 aliphatic carbocycles. The van der Waals surface area contributed by atoms with E-state index in [2.05, 4.69) is 10.6 Å². The third-order valence-electron chi connectivity index (χ3n) is 6.06. The third kappa shape index (κ3) is 5.51. The molecule has 2 amide bonds.